The van der Waals surface area contributed by atoms with Crippen LogP contribution in [0.15, 0.2) is 18.5 Å². The molecule has 7 nitrogen and oxygen atoms in total. The summed E-state index contributed by atoms with van der Waals surface area (Å²) >= 11 is 0. The van der Waals surface area contributed by atoms with Crippen molar-refractivity contribution in [1.29, 1.82) is 0 Å². The summed E-state index contributed by atoms with van der Waals surface area (Å²) in [6.45, 7) is 6.15. The minimum absolute atomic E-state index is 0.0756. The summed E-state index contributed by atoms with van der Waals surface area (Å²) in [5.74, 6) is 0.584. The van der Waals surface area contributed by atoms with Crippen LogP contribution in [0.25, 0.3) is 0 Å². The molecule has 0 unspecified atom stereocenters. The fourth-order valence-electron chi connectivity index (χ4n) is 3.30. The molecule has 0 radical (unpaired) electrons. The van der Waals surface area contributed by atoms with Crippen LogP contribution in [0.1, 0.15) is 0 Å². The number of nitrogens with zero attached hydrogens (tertiary/aromatic N) is 4. The summed E-state index contributed by atoms with van der Waals surface area (Å²) in [6.07, 6.45) is 3.47. The van der Waals surface area contributed by atoms with E-state index in [4.69, 9.17) is 4.74 Å². The number of hydrogen-bond acceptors (Lipinski definition) is 5. The molecule has 2 atom stereocenters. The van der Waals surface area contributed by atoms with Crippen LogP contribution in [-0.4, -0.2) is 83.1 Å². The van der Waals surface area contributed by atoms with E-state index in [2.05, 4.69) is 10.00 Å². The maximum absolute atomic E-state index is 12.4. The second kappa shape index (κ2) is 7.21. The number of morpholine rings is 1. The van der Waals surface area contributed by atoms with Crippen molar-refractivity contribution in [2.24, 2.45) is 11.8 Å². The first-order valence-electron chi connectivity index (χ1n) is 7.92. The Morgan fingerprint density at radius 2 is 2.05 bits per heavy atom. The topological polar surface area (TPSA) is 70.8 Å². The molecular weight excluding hydrogens is 284 g/mol. The molecule has 1 aromatic heterocycles. The van der Waals surface area contributed by atoms with E-state index >= 15 is 0 Å². The molecule has 0 spiro atoms. The van der Waals surface area contributed by atoms with Gasteiger partial charge in [-0.05, 0) is 12.0 Å². The molecule has 2 aliphatic rings. The Kier molecular flexibility index (Phi) is 5.07. The van der Waals surface area contributed by atoms with Crippen molar-refractivity contribution in [1.82, 2.24) is 19.6 Å². The van der Waals surface area contributed by atoms with Crippen LogP contribution in [0.5, 0.6) is 0 Å². The van der Waals surface area contributed by atoms with E-state index in [0.29, 0.717) is 12.5 Å². The maximum atomic E-state index is 12.4. The highest BCUT2D eigenvalue weighted by Gasteiger charge is 2.35. The van der Waals surface area contributed by atoms with Gasteiger partial charge in [-0.25, -0.2) is 0 Å². The fourth-order valence-corrected chi connectivity index (χ4v) is 3.30. The number of rotatable bonds is 5. The van der Waals surface area contributed by atoms with E-state index in [1.54, 1.807) is 17.1 Å². The van der Waals surface area contributed by atoms with Crippen LogP contribution >= 0.6 is 0 Å². The number of ether oxygens (including phenoxy) is 1. The molecule has 2 saturated heterocycles. The number of aromatic nitrogens is 2. The van der Waals surface area contributed by atoms with Gasteiger partial charge in [0.2, 0.25) is 5.91 Å². The van der Waals surface area contributed by atoms with Gasteiger partial charge in [-0.1, -0.05) is 0 Å². The number of carbonyl (C=O) groups is 1. The van der Waals surface area contributed by atoms with Crippen molar-refractivity contribution in [2.75, 3.05) is 52.5 Å². The van der Waals surface area contributed by atoms with Gasteiger partial charge >= 0.3 is 0 Å². The average molecular weight is 308 g/mol. The van der Waals surface area contributed by atoms with Crippen LogP contribution in [0.2, 0.25) is 0 Å². The molecule has 1 amide bonds. The highest BCUT2D eigenvalue weighted by Crippen LogP contribution is 2.24. The Balaban J connectivity index is 1.55. The highest BCUT2D eigenvalue weighted by molar-refractivity contribution is 5.76. The SMILES string of the molecule is O=C(Cn1cccn1)N1C[C@@H](CO)[C@@H](CN2CCOCC2)C1. The third-order valence-corrected chi connectivity index (χ3v) is 4.62. The van der Waals surface area contributed by atoms with Crippen LogP contribution in [0, 0.1) is 11.8 Å². The standard InChI is InChI=1S/C15H24N4O3/c20-12-14-10-18(15(21)11-19-3-1-2-16-19)9-13(14)8-17-4-6-22-7-5-17/h1-3,13-14,20H,4-12H2/t13-,14-/m0/s1. The minimum Gasteiger partial charge on any atom is -0.396 e. The van der Waals surface area contributed by atoms with Gasteiger partial charge in [0.15, 0.2) is 0 Å². The molecule has 2 aliphatic heterocycles. The smallest absolute Gasteiger partial charge is 0.244 e. The van der Waals surface area contributed by atoms with Gasteiger partial charge < -0.3 is 14.7 Å². The number of carbonyl (C=O) groups excluding carboxylic acids is 1. The molecule has 0 aliphatic carbocycles. The van der Waals surface area contributed by atoms with E-state index in [1.165, 1.54) is 0 Å². The van der Waals surface area contributed by atoms with Gasteiger partial charge in [0.25, 0.3) is 0 Å². The zero-order valence-electron chi connectivity index (χ0n) is 12.8. The average Bonchev–Trinajstić information content (AvgIpc) is 3.18. The lowest BCUT2D eigenvalue weighted by Crippen LogP contribution is -2.41. The number of aliphatic hydroxyl groups is 1. The lowest BCUT2D eigenvalue weighted by atomic mass is 9.96. The lowest BCUT2D eigenvalue weighted by Gasteiger charge is -2.30. The van der Waals surface area contributed by atoms with Crippen molar-refractivity contribution < 1.29 is 14.6 Å². The zero-order valence-corrected chi connectivity index (χ0v) is 12.8. The van der Waals surface area contributed by atoms with Crippen LogP contribution in [0.3, 0.4) is 0 Å². The first kappa shape index (κ1) is 15.5. The number of hydrogen-bond donors (Lipinski definition) is 1. The van der Waals surface area contributed by atoms with Crippen LogP contribution < -0.4 is 0 Å². The van der Waals surface area contributed by atoms with E-state index in [-0.39, 0.29) is 25.0 Å². The minimum atomic E-state index is 0.0756. The molecule has 3 rings (SSSR count). The van der Waals surface area contributed by atoms with Gasteiger partial charge in [-0.15, -0.1) is 0 Å². The quantitative estimate of drug-likeness (QED) is 0.777. The summed E-state index contributed by atoms with van der Waals surface area (Å²) < 4.78 is 7.01. The van der Waals surface area contributed by atoms with Gasteiger partial charge in [-0.3, -0.25) is 14.4 Å². The number of amides is 1. The molecule has 0 aromatic carbocycles. The molecule has 7 heteroatoms. The first-order valence-corrected chi connectivity index (χ1v) is 7.92. The largest absolute Gasteiger partial charge is 0.396 e. The summed E-state index contributed by atoms with van der Waals surface area (Å²) in [6, 6.07) is 1.81. The van der Waals surface area contributed by atoms with Crippen LogP contribution in [0.4, 0.5) is 0 Å². The molecule has 2 fully saturated rings. The molecule has 0 bridgehead atoms. The summed E-state index contributed by atoms with van der Waals surface area (Å²) in [7, 11) is 0. The Bertz CT molecular complexity index is 473. The molecule has 0 saturated carbocycles. The third-order valence-electron chi connectivity index (χ3n) is 4.62. The molecule has 22 heavy (non-hydrogen) atoms. The molecular formula is C15H24N4O3. The summed E-state index contributed by atoms with van der Waals surface area (Å²) in [5, 5.41) is 13.7. The first-order chi connectivity index (χ1) is 10.8. The zero-order chi connectivity index (χ0) is 15.4. The summed E-state index contributed by atoms with van der Waals surface area (Å²) in [5.41, 5.74) is 0. The van der Waals surface area contributed by atoms with Gasteiger partial charge in [0.1, 0.15) is 6.54 Å². The van der Waals surface area contributed by atoms with E-state index in [9.17, 15) is 9.90 Å². The van der Waals surface area contributed by atoms with Crippen molar-refractivity contribution in [3.05, 3.63) is 18.5 Å². The molecule has 3 heterocycles. The van der Waals surface area contributed by atoms with E-state index in [0.717, 1.165) is 39.4 Å². The second-order valence-electron chi connectivity index (χ2n) is 6.12. The molecule has 1 N–H and O–H groups in total. The van der Waals surface area contributed by atoms with Gasteiger partial charge in [0.05, 0.1) is 13.2 Å². The lowest BCUT2D eigenvalue weighted by molar-refractivity contribution is -0.131. The van der Waals surface area contributed by atoms with E-state index < -0.39 is 0 Å². The van der Waals surface area contributed by atoms with Crippen molar-refractivity contribution >= 4 is 5.91 Å². The Hall–Kier alpha value is -1.44. The Morgan fingerprint density at radius 3 is 2.73 bits per heavy atom. The predicted octanol–water partition coefficient (Wildman–Crippen LogP) is -0.718. The Labute approximate surface area is 130 Å². The van der Waals surface area contributed by atoms with Gasteiger partial charge in [-0.2, -0.15) is 5.10 Å². The Morgan fingerprint density at radius 1 is 1.27 bits per heavy atom. The summed E-state index contributed by atoms with van der Waals surface area (Å²) in [4.78, 5) is 16.6. The monoisotopic (exact) mass is 308 g/mol. The second-order valence-corrected chi connectivity index (χ2v) is 6.12. The van der Waals surface area contributed by atoms with Crippen molar-refractivity contribution in [3.8, 4) is 0 Å². The number of aliphatic hydroxyl groups excluding tert-OH is 1. The molecule has 1 aromatic rings. The van der Waals surface area contributed by atoms with Crippen LogP contribution in [-0.2, 0) is 16.1 Å². The number of likely N-dealkylation sites (tertiary alicyclic amines) is 1. The maximum Gasteiger partial charge on any atom is 0.244 e. The van der Waals surface area contributed by atoms with Gasteiger partial charge in [0, 0.05) is 57.6 Å². The van der Waals surface area contributed by atoms with E-state index in [1.807, 2.05) is 11.0 Å². The third kappa shape index (κ3) is 3.66. The van der Waals surface area contributed by atoms with Crippen molar-refractivity contribution in [3.63, 3.8) is 0 Å². The van der Waals surface area contributed by atoms with Crippen molar-refractivity contribution in [2.45, 2.75) is 6.54 Å². The predicted molar refractivity (Wildman–Crippen MR) is 80.1 cm³/mol. The fraction of sp³-hybridized carbons (Fsp3) is 0.733. The highest BCUT2D eigenvalue weighted by atomic mass is 16.5. The molecule has 122 valence electrons. The normalized spacial score (nSPS) is 26.5.